The second-order valence-corrected chi connectivity index (χ2v) is 7.08. The Balaban J connectivity index is 1.82. The minimum absolute atomic E-state index is 0.406. The average Bonchev–Trinajstić information content (AvgIpc) is 2.85. The molecule has 4 rings (SSSR count). The van der Waals surface area contributed by atoms with Crippen molar-refractivity contribution in [2.45, 2.75) is 56.3 Å². The highest BCUT2D eigenvalue weighted by Gasteiger charge is 2.47. The molecule has 2 nitrogen and oxygen atoms in total. The molecule has 0 amide bonds. The molecular formula is C22H26O2. The van der Waals surface area contributed by atoms with Crippen LogP contribution in [0.3, 0.4) is 0 Å². The Labute approximate surface area is 144 Å². The fraction of sp³-hybridized carbons (Fsp3) is 0.455. The molecule has 0 unspecified atom stereocenters. The van der Waals surface area contributed by atoms with Crippen molar-refractivity contribution in [3.8, 4) is 0 Å². The van der Waals surface area contributed by atoms with E-state index in [2.05, 4.69) is 60.7 Å². The van der Waals surface area contributed by atoms with Gasteiger partial charge in [-0.25, -0.2) is 0 Å². The van der Waals surface area contributed by atoms with Crippen LogP contribution in [0, 0.1) is 0 Å². The number of benzene rings is 2. The van der Waals surface area contributed by atoms with Gasteiger partial charge in [-0.2, -0.15) is 0 Å². The molecule has 2 aliphatic rings. The lowest BCUT2D eigenvalue weighted by atomic mass is 9.82. The third-order valence-corrected chi connectivity index (χ3v) is 5.49. The second kappa shape index (κ2) is 6.70. The van der Waals surface area contributed by atoms with Crippen molar-refractivity contribution in [3.63, 3.8) is 0 Å². The summed E-state index contributed by atoms with van der Waals surface area (Å²) in [4.78, 5) is 0. The van der Waals surface area contributed by atoms with Gasteiger partial charge in [0.05, 0.1) is 6.61 Å². The normalized spacial score (nSPS) is 26.8. The lowest BCUT2D eigenvalue weighted by Crippen LogP contribution is -2.46. The molecule has 2 saturated heterocycles. The van der Waals surface area contributed by atoms with Crippen molar-refractivity contribution in [3.05, 3.63) is 71.8 Å². The van der Waals surface area contributed by atoms with Crippen molar-refractivity contribution in [1.82, 2.24) is 0 Å². The van der Waals surface area contributed by atoms with E-state index in [0.29, 0.717) is 0 Å². The van der Waals surface area contributed by atoms with Gasteiger partial charge in [-0.3, -0.25) is 0 Å². The van der Waals surface area contributed by atoms with E-state index in [0.717, 1.165) is 38.7 Å². The Hall–Kier alpha value is -1.64. The second-order valence-electron chi connectivity index (χ2n) is 7.08. The Morgan fingerprint density at radius 2 is 1.17 bits per heavy atom. The molecule has 0 N–H and O–H groups in total. The van der Waals surface area contributed by atoms with Crippen LogP contribution in [0.4, 0.5) is 0 Å². The molecule has 2 aromatic carbocycles. The molecule has 2 fully saturated rings. The zero-order chi connectivity index (χ0) is 16.3. The molecule has 2 heteroatoms. The molecule has 2 aromatic rings. The first kappa shape index (κ1) is 15.9. The molecule has 1 spiro atoms. The van der Waals surface area contributed by atoms with E-state index in [4.69, 9.17) is 9.47 Å². The molecule has 0 radical (unpaired) electrons. The quantitative estimate of drug-likeness (QED) is 0.735. The van der Waals surface area contributed by atoms with E-state index in [1.165, 1.54) is 24.0 Å². The minimum atomic E-state index is -0.416. The highest BCUT2D eigenvalue weighted by molar-refractivity contribution is 5.37. The predicted molar refractivity (Wildman–Crippen MR) is 95.8 cm³/mol. The topological polar surface area (TPSA) is 18.5 Å². The first-order chi connectivity index (χ1) is 11.8. The summed E-state index contributed by atoms with van der Waals surface area (Å²) >= 11 is 0. The summed E-state index contributed by atoms with van der Waals surface area (Å²) in [5.41, 5.74) is 2.08. The number of hydrogen-bond donors (Lipinski definition) is 0. The average molecular weight is 322 g/mol. The van der Waals surface area contributed by atoms with Gasteiger partial charge in [-0.1, -0.05) is 60.7 Å². The van der Waals surface area contributed by atoms with E-state index < -0.39 is 11.4 Å². The molecule has 0 bridgehead atoms. The summed E-state index contributed by atoms with van der Waals surface area (Å²) in [5.74, 6) is -0.416. The van der Waals surface area contributed by atoms with Crippen LogP contribution in [0.1, 0.15) is 56.1 Å². The predicted octanol–water partition coefficient (Wildman–Crippen LogP) is 5.42. The number of rotatable bonds is 2. The Morgan fingerprint density at radius 1 is 0.625 bits per heavy atom. The molecule has 1 atom stereocenters. The molecule has 0 aliphatic carbocycles. The molecule has 126 valence electrons. The highest BCUT2D eigenvalue weighted by atomic mass is 16.7. The minimum Gasteiger partial charge on any atom is -0.350 e. The maximum Gasteiger partial charge on any atom is 0.169 e. The van der Waals surface area contributed by atoms with Crippen LogP contribution in [0.25, 0.3) is 0 Å². The van der Waals surface area contributed by atoms with Crippen molar-refractivity contribution in [2.24, 2.45) is 0 Å². The van der Waals surface area contributed by atoms with Gasteiger partial charge in [-0.05, 0) is 43.2 Å². The van der Waals surface area contributed by atoms with Crippen LogP contribution in [0.15, 0.2) is 60.7 Å². The fourth-order valence-electron chi connectivity index (χ4n) is 4.28. The van der Waals surface area contributed by atoms with E-state index in [1.807, 2.05) is 0 Å². The summed E-state index contributed by atoms with van der Waals surface area (Å²) in [5, 5.41) is 0. The largest absolute Gasteiger partial charge is 0.350 e. The third-order valence-electron chi connectivity index (χ3n) is 5.49. The van der Waals surface area contributed by atoms with Gasteiger partial charge in [0.1, 0.15) is 5.60 Å². The number of ether oxygens (including phenoxy) is 2. The lowest BCUT2D eigenvalue weighted by Gasteiger charge is -2.44. The van der Waals surface area contributed by atoms with Gasteiger partial charge in [-0.15, -0.1) is 0 Å². The maximum atomic E-state index is 6.98. The summed E-state index contributed by atoms with van der Waals surface area (Å²) in [6, 6.07) is 21.4. The molecule has 24 heavy (non-hydrogen) atoms. The van der Waals surface area contributed by atoms with Gasteiger partial charge in [0, 0.05) is 12.8 Å². The SMILES string of the molecule is c1ccc(C2(c3ccccc3)CCCC[C@@]3(CCCCO3)O2)cc1. The van der Waals surface area contributed by atoms with Crippen LogP contribution < -0.4 is 0 Å². The highest BCUT2D eigenvalue weighted by Crippen LogP contribution is 2.48. The molecule has 0 saturated carbocycles. The number of hydrogen-bond acceptors (Lipinski definition) is 2. The molecule has 2 heterocycles. The standard InChI is InChI=1S/C22H26O2/c1-3-11-19(12-4-1)22(20-13-5-2-6-14-20)17-8-7-15-21(24-22)16-9-10-18-23-21/h1-6,11-14H,7-10,15-18H2/t21-/m0/s1. The van der Waals surface area contributed by atoms with Crippen molar-refractivity contribution >= 4 is 0 Å². The van der Waals surface area contributed by atoms with Crippen LogP contribution >= 0.6 is 0 Å². The van der Waals surface area contributed by atoms with E-state index in [9.17, 15) is 0 Å². The summed E-state index contributed by atoms with van der Waals surface area (Å²) in [6.07, 6.45) is 7.69. The van der Waals surface area contributed by atoms with Crippen molar-refractivity contribution < 1.29 is 9.47 Å². The van der Waals surface area contributed by atoms with Gasteiger partial charge in [0.2, 0.25) is 0 Å². The van der Waals surface area contributed by atoms with Gasteiger partial charge >= 0.3 is 0 Å². The van der Waals surface area contributed by atoms with Crippen LogP contribution in [0.2, 0.25) is 0 Å². The van der Waals surface area contributed by atoms with E-state index in [1.54, 1.807) is 0 Å². The van der Waals surface area contributed by atoms with E-state index in [-0.39, 0.29) is 0 Å². The maximum absolute atomic E-state index is 6.98. The Kier molecular flexibility index (Phi) is 4.43. The summed E-state index contributed by atoms with van der Waals surface area (Å²) in [6.45, 7) is 0.819. The molecule has 0 aromatic heterocycles. The lowest BCUT2D eigenvalue weighted by molar-refractivity contribution is -0.297. The molecule has 2 aliphatic heterocycles. The zero-order valence-electron chi connectivity index (χ0n) is 14.2. The van der Waals surface area contributed by atoms with Crippen LogP contribution in [0.5, 0.6) is 0 Å². The van der Waals surface area contributed by atoms with E-state index >= 15 is 0 Å². The van der Waals surface area contributed by atoms with Crippen LogP contribution in [-0.2, 0) is 15.1 Å². The van der Waals surface area contributed by atoms with Crippen molar-refractivity contribution in [2.75, 3.05) is 6.61 Å². The Bertz CT molecular complexity index is 605. The fourth-order valence-corrected chi connectivity index (χ4v) is 4.28. The Morgan fingerprint density at radius 3 is 1.75 bits per heavy atom. The molecular weight excluding hydrogens is 296 g/mol. The van der Waals surface area contributed by atoms with Gasteiger partial charge < -0.3 is 9.47 Å². The van der Waals surface area contributed by atoms with Crippen molar-refractivity contribution in [1.29, 1.82) is 0 Å². The zero-order valence-corrected chi connectivity index (χ0v) is 14.2. The monoisotopic (exact) mass is 322 g/mol. The van der Waals surface area contributed by atoms with Crippen LogP contribution in [-0.4, -0.2) is 12.4 Å². The smallest absolute Gasteiger partial charge is 0.169 e. The van der Waals surface area contributed by atoms with Gasteiger partial charge in [0.15, 0.2) is 5.79 Å². The summed E-state index contributed by atoms with van der Waals surface area (Å²) in [7, 11) is 0. The first-order valence-corrected chi connectivity index (χ1v) is 9.28. The van der Waals surface area contributed by atoms with Gasteiger partial charge in [0.25, 0.3) is 0 Å². The third kappa shape index (κ3) is 2.89. The summed E-state index contributed by atoms with van der Waals surface area (Å²) < 4.78 is 13.2. The first-order valence-electron chi connectivity index (χ1n) is 9.28.